The molecule has 2 N–H and O–H groups in total. The molecule has 0 aromatic carbocycles. The van der Waals surface area contributed by atoms with Gasteiger partial charge in [-0.1, -0.05) is 26.7 Å². The van der Waals surface area contributed by atoms with Crippen LogP contribution >= 0.6 is 0 Å². The van der Waals surface area contributed by atoms with Gasteiger partial charge in [0.25, 0.3) is 10.2 Å². The summed E-state index contributed by atoms with van der Waals surface area (Å²) in [4.78, 5) is 10.9. The molecule has 0 radical (unpaired) electrons. The molecule has 6 nitrogen and oxygen atoms in total. The van der Waals surface area contributed by atoms with Crippen LogP contribution in [0.3, 0.4) is 0 Å². The Hall–Kier alpha value is -0.660. The summed E-state index contributed by atoms with van der Waals surface area (Å²) in [6.07, 6.45) is 2.54. The number of aliphatic carboxylic acids is 1. The number of carboxylic acids is 1. The minimum Gasteiger partial charge on any atom is -0.480 e. The van der Waals surface area contributed by atoms with E-state index in [1.165, 1.54) is 7.05 Å². The van der Waals surface area contributed by atoms with Gasteiger partial charge in [-0.3, -0.25) is 4.79 Å². The highest BCUT2D eigenvalue weighted by Crippen LogP contribution is 2.03. The molecule has 0 aliphatic carbocycles. The SMILES string of the molecule is CCCCN(C)S(=O)(=O)N[C@@H](CCC)C(=O)O. The molecule has 17 heavy (non-hydrogen) atoms. The Bertz CT molecular complexity index is 329. The summed E-state index contributed by atoms with van der Waals surface area (Å²) in [5, 5.41) is 8.88. The Morgan fingerprint density at radius 1 is 1.35 bits per heavy atom. The fourth-order valence-corrected chi connectivity index (χ4v) is 2.42. The first-order chi connectivity index (χ1) is 7.85. The van der Waals surface area contributed by atoms with Gasteiger partial charge in [-0.25, -0.2) is 0 Å². The Morgan fingerprint density at radius 3 is 2.35 bits per heavy atom. The maximum atomic E-state index is 11.8. The van der Waals surface area contributed by atoms with Gasteiger partial charge in [-0.15, -0.1) is 0 Å². The van der Waals surface area contributed by atoms with Gasteiger partial charge in [-0.2, -0.15) is 17.4 Å². The minimum atomic E-state index is -3.70. The molecule has 0 bridgehead atoms. The summed E-state index contributed by atoms with van der Waals surface area (Å²) in [6, 6.07) is -1.05. The zero-order chi connectivity index (χ0) is 13.5. The van der Waals surface area contributed by atoms with Crippen molar-refractivity contribution in [3.63, 3.8) is 0 Å². The van der Waals surface area contributed by atoms with Crippen LogP contribution in [0.1, 0.15) is 39.5 Å². The number of nitrogens with one attached hydrogen (secondary N) is 1. The first-order valence-electron chi connectivity index (χ1n) is 5.81. The summed E-state index contributed by atoms with van der Waals surface area (Å²) >= 11 is 0. The number of carboxylic acid groups (broad SMARTS) is 1. The van der Waals surface area contributed by atoms with Crippen molar-refractivity contribution in [1.29, 1.82) is 0 Å². The predicted molar refractivity (Wildman–Crippen MR) is 65.9 cm³/mol. The molecular weight excluding hydrogens is 244 g/mol. The lowest BCUT2D eigenvalue weighted by Crippen LogP contribution is -2.47. The Morgan fingerprint density at radius 2 is 1.94 bits per heavy atom. The third kappa shape index (κ3) is 5.99. The highest BCUT2D eigenvalue weighted by atomic mass is 32.2. The van der Waals surface area contributed by atoms with Gasteiger partial charge < -0.3 is 5.11 Å². The molecule has 0 aromatic rings. The first kappa shape index (κ1) is 16.3. The molecule has 102 valence electrons. The Labute approximate surface area is 103 Å². The lowest BCUT2D eigenvalue weighted by molar-refractivity contribution is -0.139. The zero-order valence-electron chi connectivity index (χ0n) is 10.6. The van der Waals surface area contributed by atoms with Gasteiger partial charge in [0, 0.05) is 13.6 Å². The van der Waals surface area contributed by atoms with Crippen molar-refractivity contribution in [3.8, 4) is 0 Å². The molecule has 1 atom stereocenters. The van der Waals surface area contributed by atoms with E-state index >= 15 is 0 Å². The molecule has 0 fully saturated rings. The number of hydrogen-bond acceptors (Lipinski definition) is 3. The van der Waals surface area contributed by atoms with Crippen molar-refractivity contribution < 1.29 is 18.3 Å². The molecule has 7 heteroatoms. The van der Waals surface area contributed by atoms with E-state index in [-0.39, 0.29) is 6.42 Å². The number of hydrogen-bond donors (Lipinski definition) is 2. The average Bonchev–Trinajstić information content (AvgIpc) is 2.24. The largest absolute Gasteiger partial charge is 0.480 e. The lowest BCUT2D eigenvalue weighted by Gasteiger charge is -2.20. The highest BCUT2D eigenvalue weighted by Gasteiger charge is 2.25. The van der Waals surface area contributed by atoms with Gasteiger partial charge in [0.05, 0.1) is 0 Å². The number of carbonyl (C=O) groups is 1. The molecule has 0 heterocycles. The van der Waals surface area contributed by atoms with Crippen molar-refractivity contribution in [1.82, 2.24) is 9.03 Å². The van der Waals surface area contributed by atoms with Crippen LogP contribution in [0.4, 0.5) is 0 Å². The molecule has 0 rings (SSSR count). The molecule has 0 aliphatic heterocycles. The number of unbranched alkanes of at least 4 members (excludes halogenated alkanes) is 1. The number of nitrogens with zero attached hydrogens (tertiary/aromatic N) is 1. The van der Waals surface area contributed by atoms with E-state index in [4.69, 9.17) is 5.11 Å². The van der Waals surface area contributed by atoms with Crippen LogP contribution in [-0.4, -0.2) is 43.4 Å². The predicted octanol–water partition coefficient (Wildman–Crippen LogP) is 0.806. The van der Waals surface area contributed by atoms with Crippen LogP contribution in [0, 0.1) is 0 Å². The van der Waals surface area contributed by atoms with E-state index in [2.05, 4.69) is 4.72 Å². The summed E-state index contributed by atoms with van der Waals surface area (Å²) in [6.45, 7) is 4.17. The molecule has 0 saturated heterocycles. The Balaban J connectivity index is 4.54. The van der Waals surface area contributed by atoms with Gasteiger partial charge >= 0.3 is 5.97 Å². The van der Waals surface area contributed by atoms with E-state index < -0.39 is 22.2 Å². The Kier molecular flexibility index (Phi) is 7.33. The zero-order valence-corrected chi connectivity index (χ0v) is 11.5. The van der Waals surface area contributed by atoms with E-state index in [9.17, 15) is 13.2 Å². The van der Waals surface area contributed by atoms with Crippen LogP contribution in [-0.2, 0) is 15.0 Å². The van der Waals surface area contributed by atoms with Crippen LogP contribution < -0.4 is 4.72 Å². The van der Waals surface area contributed by atoms with Crippen molar-refractivity contribution >= 4 is 16.2 Å². The minimum absolute atomic E-state index is 0.288. The van der Waals surface area contributed by atoms with E-state index in [0.29, 0.717) is 13.0 Å². The topological polar surface area (TPSA) is 86.7 Å². The molecule has 0 unspecified atom stereocenters. The smallest absolute Gasteiger partial charge is 0.321 e. The van der Waals surface area contributed by atoms with Crippen molar-refractivity contribution in [3.05, 3.63) is 0 Å². The first-order valence-corrected chi connectivity index (χ1v) is 7.25. The summed E-state index contributed by atoms with van der Waals surface area (Å²) in [7, 11) is -2.25. The van der Waals surface area contributed by atoms with Crippen LogP contribution in [0.25, 0.3) is 0 Å². The second-order valence-electron chi connectivity index (χ2n) is 3.98. The molecule has 0 aliphatic rings. The molecule has 0 amide bonds. The van der Waals surface area contributed by atoms with E-state index in [0.717, 1.165) is 17.1 Å². The summed E-state index contributed by atoms with van der Waals surface area (Å²) in [5.41, 5.74) is 0. The van der Waals surface area contributed by atoms with Crippen molar-refractivity contribution in [2.24, 2.45) is 0 Å². The molecular formula is C10H22N2O4S. The van der Waals surface area contributed by atoms with Gasteiger partial charge in [0.2, 0.25) is 0 Å². The highest BCUT2D eigenvalue weighted by molar-refractivity contribution is 7.87. The molecule has 0 spiro atoms. The lowest BCUT2D eigenvalue weighted by atomic mass is 10.2. The standard InChI is InChI=1S/C10H22N2O4S/c1-4-6-8-12(3)17(15,16)11-9(7-5-2)10(13)14/h9,11H,4-8H2,1-3H3,(H,13,14)/t9-/m0/s1. The van der Waals surface area contributed by atoms with Gasteiger partial charge in [0.1, 0.15) is 6.04 Å². The second-order valence-corrected chi connectivity index (χ2v) is 5.79. The fourth-order valence-electron chi connectivity index (χ4n) is 1.29. The quantitative estimate of drug-likeness (QED) is 0.646. The fraction of sp³-hybridized carbons (Fsp3) is 0.900. The molecule has 0 aromatic heterocycles. The van der Waals surface area contributed by atoms with Crippen LogP contribution in [0.5, 0.6) is 0 Å². The number of rotatable bonds is 9. The summed E-state index contributed by atoms with van der Waals surface area (Å²) in [5.74, 6) is -1.14. The normalized spacial score (nSPS) is 13.9. The van der Waals surface area contributed by atoms with Gasteiger partial charge in [0.15, 0.2) is 0 Å². The van der Waals surface area contributed by atoms with Crippen molar-refractivity contribution in [2.75, 3.05) is 13.6 Å². The van der Waals surface area contributed by atoms with Gasteiger partial charge in [-0.05, 0) is 12.8 Å². The average molecular weight is 266 g/mol. The monoisotopic (exact) mass is 266 g/mol. The maximum Gasteiger partial charge on any atom is 0.321 e. The van der Waals surface area contributed by atoms with Crippen molar-refractivity contribution in [2.45, 2.75) is 45.6 Å². The third-order valence-electron chi connectivity index (χ3n) is 2.40. The maximum absolute atomic E-state index is 11.8. The second kappa shape index (κ2) is 7.62. The summed E-state index contributed by atoms with van der Waals surface area (Å²) < 4.78 is 26.9. The van der Waals surface area contributed by atoms with E-state index in [1.54, 1.807) is 0 Å². The third-order valence-corrected chi connectivity index (χ3v) is 3.99. The van der Waals surface area contributed by atoms with E-state index in [1.807, 2.05) is 13.8 Å². The van der Waals surface area contributed by atoms with Crippen LogP contribution in [0.15, 0.2) is 0 Å². The van der Waals surface area contributed by atoms with Crippen LogP contribution in [0.2, 0.25) is 0 Å². The molecule has 0 saturated carbocycles.